The smallest absolute Gasteiger partial charge is 0.287 e. The zero-order valence-electron chi connectivity index (χ0n) is 13.1. The summed E-state index contributed by atoms with van der Waals surface area (Å²) < 4.78 is 17.8. The Hall–Kier alpha value is -1.68. The third kappa shape index (κ3) is 2.56. The van der Waals surface area contributed by atoms with Gasteiger partial charge in [0.2, 0.25) is 0 Å². The molecule has 0 bridgehead atoms. The van der Waals surface area contributed by atoms with Crippen LogP contribution in [-0.2, 0) is 19.8 Å². The van der Waals surface area contributed by atoms with Crippen LogP contribution in [0.2, 0.25) is 0 Å². The van der Waals surface area contributed by atoms with Crippen LogP contribution in [0.25, 0.3) is 0 Å². The first-order chi connectivity index (χ1) is 10.7. The van der Waals surface area contributed by atoms with Crippen molar-refractivity contribution in [2.45, 2.75) is 31.8 Å². The quantitative estimate of drug-likeness (QED) is 0.752. The Morgan fingerprint density at radius 2 is 1.23 bits per heavy atom. The van der Waals surface area contributed by atoms with Gasteiger partial charge in [0.15, 0.2) is 0 Å². The van der Waals surface area contributed by atoms with E-state index in [4.69, 9.17) is 14.2 Å². The van der Waals surface area contributed by atoms with Crippen LogP contribution in [0, 0.1) is 0 Å². The van der Waals surface area contributed by atoms with E-state index >= 15 is 0 Å². The standard InChI is InChI=1S/C19H22O3/c1-3-20-19(21-4-2)15-18(22-19,16-11-7-5-8-12-16)17-13-9-6-10-14-17/h5-14H,3-4,15H2,1-2H3. The fourth-order valence-corrected chi connectivity index (χ4v) is 3.11. The van der Waals surface area contributed by atoms with Crippen molar-refractivity contribution in [1.29, 1.82) is 0 Å². The number of benzene rings is 2. The molecular formula is C19H22O3. The van der Waals surface area contributed by atoms with Crippen molar-refractivity contribution in [3.63, 3.8) is 0 Å². The number of hydrogen-bond donors (Lipinski definition) is 0. The first-order valence-corrected chi connectivity index (χ1v) is 7.84. The minimum Gasteiger partial charge on any atom is -0.328 e. The van der Waals surface area contributed by atoms with Gasteiger partial charge in [-0.1, -0.05) is 60.7 Å². The zero-order chi connectivity index (χ0) is 15.5. The second-order valence-corrected chi connectivity index (χ2v) is 5.39. The molecule has 0 radical (unpaired) electrons. The molecule has 3 nitrogen and oxygen atoms in total. The lowest BCUT2D eigenvalue weighted by Gasteiger charge is -2.54. The summed E-state index contributed by atoms with van der Waals surface area (Å²) in [5, 5.41) is 0. The van der Waals surface area contributed by atoms with E-state index in [2.05, 4.69) is 24.3 Å². The van der Waals surface area contributed by atoms with Crippen molar-refractivity contribution in [2.75, 3.05) is 13.2 Å². The zero-order valence-corrected chi connectivity index (χ0v) is 13.1. The summed E-state index contributed by atoms with van der Waals surface area (Å²) in [6.45, 7) is 5.02. The monoisotopic (exact) mass is 298 g/mol. The Morgan fingerprint density at radius 3 is 1.59 bits per heavy atom. The van der Waals surface area contributed by atoms with Crippen LogP contribution < -0.4 is 0 Å². The second kappa shape index (κ2) is 6.21. The van der Waals surface area contributed by atoms with Crippen LogP contribution >= 0.6 is 0 Å². The van der Waals surface area contributed by atoms with Crippen LogP contribution in [0.4, 0.5) is 0 Å². The lowest BCUT2D eigenvalue weighted by Crippen LogP contribution is -2.61. The molecule has 1 aliphatic rings. The molecule has 0 aromatic heterocycles. The molecule has 0 saturated carbocycles. The van der Waals surface area contributed by atoms with E-state index in [0.717, 1.165) is 11.1 Å². The number of hydrogen-bond acceptors (Lipinski definition) is 3. The van der Waals surface area contributed by atoms with Crippen molar-refractivity contribution in [3.05, 3.63) is 71.8 Å². The summed E-state index contributed by atoms with van der Waals surface area (Å²) in [7, 11) is 0. The highest BCUT2D eigenvalue weighted by molar-refractivity contribution is 5.39. The molecule has 0 unspecified atom stereocenters. The third-order valence-electron chi connectivity index (χ3n) is 4.00. The lowest BCUT2D eigenvalue weighted by atomic mass is 9.78. The van der Waals surface area contributed by atoms with Crippen LogP contribution in [0.1, 0.15) is 31.4 Å². The van der Waals surface area contributed by atoms with Crippen LogP contribution in [-0.4, -0.2) is 19.2 Å². The maximum atomic E-state index is 6.32. The Labute approximate surface area is 131 Å². The van der Waals surface area contributed by atoms with Crippen molar-refractivity contribution in [1.82, 2.24) is 0 Å². The third-order valence-corrected chi connectivity index (χ3v) is 4.00. The normalized spacial score (nSPS) is 18.6. The van der Waals surface area contributed by atoms with Crippen molar-refractivity contribution < 1.29 is 14.2 Å². The Balaban J connectivity index is 1.98. The molecule has 0 N–H and O–H groups in total. The van der Waals surface area contributed by atoms with Gasteiger partial charge in [0, 0.05) is 13.2 Å². The second-order valence-electron chi connectivity index (χ2n) is 5.39. The van der Waals surface area contributed by atoms with Gasteiger partial charge < -0.3 is 14.2 Å². The van der Waals surface area contributed by atoms with Gasteiger partial charge in [-0.2, -0.15) is 0 Å². The Morgan fingerprint density at radius 1 is 0.818 bits per heavy atom. The van der Waals surface area contributed by atoms with E-state index < -0.39 is 11.6 Å². The highest BCUT2D eigenvalue weighted by atomic mass is 16.9. The first-order valence-electron chi connectivity index (χ1n) is 7.84. The number of rotatable bonds is 6. The van der Waals surface area contributed by atoms with E-state index in [1.54, 1.807) is 0 Å². The van der Waals surface area contributed by atoms with Crippen molar-refractivity contribution >= 4 is 0 Å². The van der Waals surface area contributed by atoms with E-state index in [1.165, 1.54) is 0 Å². The highest BCUT2D eigenvalue weighted by Crippen LogP contribution is 2.53. The maximum absolute atomic E-state index is 6.32. The molecule has 1 heterocycles. The molecule has 3 heteroatoms. The van der Waals surface area contributed by atoms with Crippen LogP contribution in [0.3, 0.4) is 0 Å². The molecule has 1 saturated heterocycles. The molecule has 2 aromatic rings. The van der Waals surface area contributed by atoms with Crippen LogP contribution in [0.15, 0.2) is 60.7 Å². The van der Waals surface area contributed by atoms with Gasteiger partial charge in [-0.15, -0.1) is 0 Å². The van der Waals surface area contributed by atoms with E-state index in [1.807, 2.05) is 50.2 Å². The highest BCUT2D eigenvalue weighted by Gasteiger charge is 2.60. The van der Waals surface area contributed by atoms with E-state index in [-0.39, 0.29) is 0 Å². The van der Waals surface area contributed by atoms with Gasteiger partial charge >= 0.3 is 0 Å². The molecule has 0 aliphatic carbocycles. The summed E-state index contributed by atoms with van der Waals surface area (Å²) in [4.78, 5) is 0. The maximum Gasteiger partial charge on any atom is 0.287 e. The Kier molecular flexibility index (Phi) is 4.30. The largest absolute Gasteiger partial charge is 0.328 e. The topological polar surface area (TPSA) is 27.7 Å². The minimum atomic E-state index is -0.935. The minimum absolute atomic E-state index is 0.507. The molecule has 2 aromatic carbocycles. The van der Waals surface area contributed by atoms with Gasteiger partial charge in [-0.05, 0) is 25.0 Å². The summed E-state index contributed by atoms with van der Waals surface area (Å²) in [5.74, 6) is -0.935. The van der Waals surface area contributed by atoms with Gasteiger partial charge in [-0.3, -0.25) is 0 Å². The number of ether oxygens (including phenoxy) is 3. The van der Waals surface area contributed by atoms with E-state index in [0.29, 0.717) is 19.6 Å². The average Bonchev–Trinajstić information content (AvgIpc) is 2.54. The van der Waals surface area contributed by atoms with Gasteiger partial charge in [0.25, 0.3) is 5.97 Å². The summed E-state index contributed by atoms with van der Waals surface area (Å²) >= 11 is 0. The summed E-state index contributed by atoms with van der Waals surface area (Å²) in [6.07, 6.45) is 0.649. The molecule has 0 amide bonds. The van der Waals surface area contributed by atoms with Gasteiger partial charge in [-0.25, -0.2) is 0 Å². The molecule has 3 rings (SSSR count). The SMILES string of the molecule is CCOC1(OCC)CC(c2ccccc2)(c2ccccc2)O1. The molecule has 0 atom stereocenters. The van der Waals surface area contributed by atoms with Gasteiger partial charge in [0.05, 0.1) is 6.42 Å². The molecular weight excluding hydrogens is 276 g/mol. The predicted octanol–water partition coefficient (Wildman–Crippen LogP) is 4.08. The lowest BCUT2D eigenvalue weighted by molar-refractivity contribution is -0.484. The summed E-state index contributed by atoms with van der Waals surface area (Å²) in [6, 6.07) is 20.5. The fourth-order valence-electron chi connectivity index (χ4n) is 3.11. The average molecular weight is 298 g/mol. The molecule has 1 fully saturated rings. The van der Waals surface area contributed by atoms with E-state index in [9.17, 15) is 0 Å². The molecule has 22 heavy (non-hydrogen) atoms. The van der Waals surface area contributed by atoms with Crippen LogP contribution in [0.5, 0.6) is 0 Å². The molecule has 0 spiro atoms. The fraction of sp³-hybridized carbons (Fsp3) is 0.368. The molecule has 1 aliphatic heterocycles. The van der Waals surface area contributed by atoms with Crippen molar-refractivity contribution in [3.8, 4) is 0 Å². The Bertz CT molecular complexity index is 539. The predicted molar refractivity (Wildman–Crippen MR) is 85.3 cm³/mol. The molecule has 116 valence electrons. The first kappa shape index (κ1) is 15.2. The van der Waals surface area contributed by atoms with Crippen molar-refractivity contribution in [2.24, 2.45) is 0 Å². The van der Waals surface area contributed by atoms with Gasteiger partial charge in [0.1, 0.15) is 5.60 Å². The summed E-state index contributed by atoms with van der Waals surface area (Å²) in [5.41, 5.74) is 1.74.